The summed E-state index contributed by atoms with van der Waals surface area (Å²) in [6.07, 6.45) is 8.31. The van der Waals surface area contributed by atoms with Crippen LogP contribution in [0.5, 0.6) is 0 Å². The maximum absolute atomic E-state index is 13.1. The predicted molar refractivity (Wildman–Crippen MR) is 135 cm³/mol. The molecule has 0 saturated carbocycles. The number of hydrogen-bond acceptors (Lipinski definition) is 4. The molecule has 174 valence electrons. The molecule has 1 aromatic rings. The summed E-state index contributed by atoms with van der Waals surface area (Å²) in [4.78, 5) is 15.2. The normalized spacial score (nSPS) is 23.6. The van der Waals surface area contributed by atoms with E-state index in [2.05, 4.69) is 81.0 Å². The van der Waals surface area contributed by atoms with Gasteiger partial charge in [-0.2, -0.15) is 0 Å². The molecule has 3 N–H and O–H groups in total. The Bertz CT molecular complexity index is 942. The first kappa shape index (κ1) is 24.1. The Kier molecular flexibility index (Phi) is 7.19. The highest BCUT2D eigenvalue weighted by Gasteiger charge is 2.36. The number of carbonyl (C=O) groups excluding carboxylic acids is 1. The first-order chi connectivity index (χ1) is 15.1. The number of hydrogen-bond donors (Lipinski definition) is 3. The van der Waals surface area contributed by atoms with Crippen molar-refractivity contribution < 1.29 is 9.90 Å². The zero-order chi connectivity index (χ0) is 23.6. The molecule has 0 aromatic heterocycles. The summed E-state index contributed by atoms with van der Waals surface area (Å²) in [5.74, 6) is 0.0647. The molecule has 0 radical (unpaired) electrons. The Morgan fingerprint density at radius 1 is 1.38 bits per heavy atom. The van der Waals surface area contributed by atoms with E-state index in [1.54, 1.807) is 0 Å². The van der Waals surface area contributed by atoms with E-state index in [0.717, 1.165) is 35.4 Å². The number of likely N-dealkylation sites (N-methyl/N-ethyl adjacent to an activating group) is 1. The third-order valence-electron chi connectivity index (χ3n) is 6.87. The lowest BCUT2D eigenvalue weighted by Crippen LogP contribution is -2.51. The number of aliphatic hydroxyl groups is 1. The van der Waals surface area contributed by atoms with Gasteiger partial charge in [0.15, 0.2) is 0 Å². The van der Waals surface area contributed by atoms with Crippen LogP contribution in [-0.4, -0.2) is 43.3 Å². The van der Waals surface area contributed by atoms with Crippen molar-refractivity contribution >= 4 is 22.9 Å². The van der Waals surface area contributed by atoms with Crippen molar-refractivity contribution in [1.82, 2.24) is 5.32 Å². The van der Waals surface area contributed by atoms with Crippen LogP contribution < -0.4 is 15.5 Å². The van der Waals surface area contributed by atoms with Gasteiger partial charge in [-0.1, -0.05) is 50.6 Å². The van der Waals surface area contributed by atoms with E-state index in [1.165, 1.54) is 11.1 Å². The van der Waals surface area contributed by atoms with Crippen molar-refractivity contribution in [2.75, 3.05) is 30.4 Å². The van der Waals surface area contributed by atoms with Crippen LogP contribution in [0.4, 0.5) is 11.4 Å². The number of nitrogens with one attached hydrogen (secondary N) is 2. The molecule has 0 spiro atoms. The number of aliphatic hydroxyl groups excluding tert-OH is 1. The Labute approximate surface area is 193 Å². The summed E-state index contributed by atoms with van der Waals surface area (Å²) in [5, 5.41) is 16.6. The van der Waals surface area contributed by atoms with Crippen LogP contribution >= 0.6 is 0 Å². The third kappa shape index (κ3) is 4.49. The summed E-state index contributed by atoms with van der Waals surface area (Å²) in [6, 6.07) is 3.62. The molecule has 1 amide bonds. The highest BCUT2D eigenvalue weighted by Crippen LogP contribution is 2.47. The number of carbonyl (C=O) groups is 1. The van der Waals surface area contributed by atoms with Crippen molar-refractivity contribution in [2.24, 2.45) is 5.92 Å². The minimum absolute atomic E-state index is 0.0539. The Morgan fingerprint density at radius 3 is 2.69 bits per heavy atom. The van der Waals surface area contributed by atoms with Crippen molar-refractivity contribution in [1.29, 1.82) is 0 Å². The van der Waals surface area contributed by atoms with Crippen LogP contribution in [0.1, 0.15) is 58.6 Å². The fourth-order valence-corrected chi connectivity index (χ4v) is 5.02. The summed E-state index contributed by atoms with van der Waals surface area (Å²) >= 11 is 0. The summed E-state index contributed by atoms with van der Waals surface area (Å²) in [5.41, 5.74) is 6.79. The average molecular weight is 438 g/mol. The topological polar surface area (TPSA) is 64.6 Å². The molecule has 0 unspecified atom stereocenters. The predicted octanol–water partition coefficient (Wildman–Crippen LogP) is 4.64. The molecule has 0 aliphatic carbocycles. The maximum atomic E-state index is 13.1. The van der Waals surface area contributed by atoms with Gasteiger partial charge in [-0.3, -0.25) is 4.79 Å². The van der Waals surface area contributed by atoms with Crippen molar-refractivity contribution in [2.45, 2.75) is 65.0 Å². The van der Waals surface area contributed by atoms with Gasteiger partial charge in [-0.05, 0) is 49.8 Å². The van der Waals surface area contributed by atoms with E-state index >= 15 is 0 Å². The van der Waals surface area contributed by atoms with Gasteiger partial charge >= 0.3 is 0 Å². The van der Waals surface area contributed by atoms with Crippen LogP contribution in [0.3, 0.4) is 0 Å². The second-order valence-corrected chi connectivity index (χ2v) is 9.97. The van der Waals surface area contributed by atoms with Gasteiger partial charge in [0.25, 0.3) is 0 Å². The Hall–Kier alpha value is -2.53. The summed E-state index contributed by atoms with van der Waals surface area (Å²) in [6.45, 7) is 15.4. The lowest BCUT2D eigenvalue weighted by molar-refractivity contribution is -0.123. The molecule has 5 nitrogen and oxygen atoms in total. The first-order valence-electron chi connectivity index (χ1n) is 11.7. The molecule has 3 atom stereocenters. The lowest BCUT2D eigenvalue weighted by Gasteiger charge is -2.34. The second kappa shape index (κ2) is 9.53. The van der Waals surface area contributed by atoms with Crippen molar-refractivity contribution in [3.8, 4) is 0 Å². The molecule has 1 aromatic carbocycles. The quantitative estimate of drug-likeness (QED) is 0.544. The van der Waals surface area contributed by atoms with Gasteiger partial charge < -0.3 is 20.6 Å². The Balaban J connectivity index is 2.18. The fraction of sp³-hybridized carbons (Fsp3) is 0.519. The van der Waals surface area contributed by atoms with Gasteiger partial charge in [0.2, 0.25) is 5.91 Å². The molecule has 2 aliphatic rings. The summed E-state index contributed by atoms with van der Waals surface area (Å²) < 4.78 is 0. The molecule has 2 aliphatic heterocycles. The zero-order valence-corrected chi connectivity index (χ0v) is 20.5. The largest absolute Gasteiger partial charge is 0.394 e. The van der Waals surface area contributed by atoms with E-state index < -0.39 is 6.04 Å². The number of anilines is 2. The molecule has 0 saturated heterocycles. The minimum atomic E-state index is -0.405. The molecule has 2 heterocycles. The van der Waals surface area contributed by atoms with E-state index in [4.69, 9.17) is 0 Å². The molecule has 5 heteroatoms. The monoisotopic (exact) mass is 437 g/mol. The Morgan fingerprint density at radius 2 is 2.09 bits per heavy atom. The molecular formula is C27H39N3O2. The molecular weight excluding hydrogens is 398 g/mol. The van der Waals surface area contributed by atoms with E-state index in [1.807, 2.05) is 13.1 Å². The van der Waals surface area contributed by atoms with Crippen LogP contribution in [0.2, 0.25) is 0 Å². The van der Waals surface area contributed by atoms with Crippen LogP contribution in [-0.2, 0) is 10.2 Å². The number of benzene rings is 1. The van der Waals surface area contributed by atoms with Crippen LogP contribution in [0.15, 0.2) is 42.5 Å². The smallest absolute Gasteiger partial charge is 0.243 e. The first-order valence-corrected chi connectivity index (χ1v) is 11.7. The molecule has 3 rings (SSSR count). The van der Waals surface area contributed by atoms with Gasteiger partial charge in [0, 0.05) is 35.9 Å². The van der Waals surface area contributed by atoms with Gasteiger partial charge in [0.1, 0.15) is 6.04 Å². The van der Waals surface area contributed by atoms with Gasteiger partial charge in [-0.15, -0.1) is 6.58 Å². The standard InChI is InChI=1S/C27H39N3O2/c1-8-27(6,13-9-10-17(2)3)21-11-12-22-23-19(15-28-24(21)23)14-20(16-31)29-26(32)25(18(4)5)30(22)7/h8,10-12,14,18,20,25,28,31H,1,9,13,15-16H2,2-7H3,(H,29,32)/b19-14+/t20-,25-,27-/m0/s1. The fourth-order valence-electron chi connectivity index (χ4n) is 5.02. The molecule has 32 heavy (non-hydrogen) atoms. The minimum Gasteiger partial charge on any atom is -0.394 e. The molecule has 0 fully saturated rings. The molecule has 0 bridgehead atoms. The summed E-state index contributed by atoms with van der Waals surface area (Å²) in [7, 11) is 2.00. The van der Waals surface area contributed by atoms with Gasteiger partial charge in [-0.25, -0.2) is 0 Å². The highest BCUT2D eigenvalue weighted by molar-refractivity contribution is 5.97. The van der Waals surface area contributed by atoms with E-state index in [-0.39, 0.29) is 29.9 Å². The van der Waals surface area contributed by atoms with E-state index in [0.29, 0.717) is 6.54 Å². The zero-order valence-electron chi connectivity index (χ0n) is 20.5. The van der Waals surface area contributed by atoms with Crippen molar-refractivity contribution in [3.63, 3.8) is 0 Å². The van der Waals surface area contributed by atoms with Gasteiger partial charge in [0.05, 0.1) is 12.6 Å². The van der Waals surface area contributed by atoms with Crippen LogP contribution in [0.25, 0.3) is 5.57 Å². The number of allylic oxidation sites excluding steroid dienone is 3. The highest BCUT2D eigenvalue weighted by atomic mass is 16.3. The second-order valence-electron chi connectivity index (χ2n) is 9.97. The number of nitrogens with zero attached hydrogens (tertiary/aromatic N) is 1. The maximum Gasteiger partial charge on any atom is 0.243 e. The third-order valence-corrected chi connectivity index (χ3v) is 6.87. The van der Waals surface area contributed by atoms with Crippen LogP contribution in [0, 0.1) is 5.92 Å². The number of rotatable bonds is 7. The van der Waals surface area contributed by atoms with E-state index in [9.17, 15) is 9.90 Å². The van der Waals surface area contributed by atoms with Crippen molar-refractivity contribution in [3.05, 3.63) is 53.6 Å². The average Bonchev–Trinajstić information content (AvgIpc) is 3.16. The lowest BCUT2D eigenvalue weighted by atomic mass is 9.76. The number of amides is 1. The SMILES string of the molecule is C=C[C@@](C)(CCC=C(C)C)c1ccc2c3c1NC/C3=C\[C@@H](CO)NC(=O)[C@H](C(C)C)N2C.